The van der Waals surface area contributed by atoms with Crippen LogP contribution in [0.15, 0.2) is 46.9 Å². The second kappa shape index (κ2) is 10.8. The molecule has 0 fully saturated rings. The van der Waals surface area contributed by atoms with Gasteiger partial charge in [-0.05, 0) is 32.0 Å². The first-order valence-electron chi connectivity index (χ1n) is 9.69. The molecule has 1 aromatic carbocycles. The third kappa shape index (κ3) is 5.35. The second-order valence-corrected chi connectivity index (χ2v) is 7.04. The van der Waals surface area contributed by atoms with E-state index in [4.69, 9.17) is 10.2 Å². The Morgan fingerprint density at radius 2 is 1.56 bits per heavy atom. The highest BCUT2D eigenvalue weighted by Gasteiger charge is 2.36. The van der Waals surface area contributed by atoms with E-state index in [9.17, 15) is 39.3 Å². The van der Waals surface area contributed by atoms with Gasteiger partial charge in [0.15, 0.2) is 18.0 Å². The highest BCUT2D eigenvalue weighted by atomic mass is 16.6. The van der Waals surface area contributed by atoms with Crippen molar-refractivity contribution >= 4 is 40.9 Å². The molecule has 1 aromatic rings. The molecule has 0 spiro atoms. The second-order valence-electron chi connectivity index (χ2n) is 7.04. The minimum Gasteiger partial charge on any atom is -0.506 e. The maximum absolute atomic E-state index is 12.4. The summed E-state index contributed by atoms with van der Waals surface area (Å²) in [6, 6.07) is 5.19. The van der Waals surface area contributed by atoms with Crippen molar-refractivity contribution in [1.82, 2.24) is 0 Å². The molecule has 13 nitrogen and oxygen atoms in total. The van der Waals surface area contributed by atoms with Crippen LogP contribution < -0.4 is 10.2 Å². The quantitative estimate of drug-likeness (QED) is 0.108. The number of nitrogens with one attached hydrogen (secondary N) is 1. The zero-order valence-electron chi connectivity index (χ0n) is 18.0. The Hall–Kier alpha value is -3.91. The van der Waals surface area contributed by atoms with Gasteiger partial charge in [-0.15, -0.1) is 0 Å². The number of anilines is 2. The van der Waals surface area contributed by atoms with Crippen LogP contribution in [0.5, 0.6) is 0 Å². The Morgan fingerprint density at radius 3 is 2.06 bits per heavy atom. The third-order valence-electron chi connectivity index (χ3n) is 4.59. The maximum Gasteiger partial charge on any atom is 0.353 e. The first-order chi connectivity index (χ1) is 15.9. The van der Waals surface area contributed by atoms with Crippen molar-refractivity contribution in [3.05, 3.63) is 46.9 Å². The Balaban J connectivity index is 2.52. The molecule has 34 heavy (non-hydrogen) atoms. The van der Waals surface area contributed by atoms with E-state index in [0.717, 1.165) is 6.92 Å². The van der Waals surface area contributed by atoms with E-state index in [1.54, 1.807) is 0 Å². The van der Waals surface area contributed by atoms with E-state index in [1.165, 1.54) is 31.2 Å². The number of carbonyl (C=O) groups is 5. The van der Waals surface area contributed by atoms with Crippen LogP contribution in [0.25, 0.3) is 0 Å². The summed E-state index contributed by atoms with van der Waals surface area (Å²) in [6.07, 6.45) is -4.01. The predicted molar refractivity (Wildman–Crippen MR) is 113 cm³/mol. The molecule has 2 rings (SSSR count). The van der Waals surface area contributed by atoms with E-state index in [-0.39, 0.29) is 17.1 Å². The van der Waals surface area contributed by atoms with Gasteiger partial charge in [0.05, 0.1) is 18.9 Å². The van der Waals surface area contributed by atoms with Crippen molar-refractivity contribution in [2.24, 2.45) is 0 Å². The summed E-state index contributed by atoms with van der Waals surface area (Å²) >= 11 is 0. The Labute approximate surface area is 192 Å². The fourth-order valence-electron chi connectivity index (χ4n) is 2.96. The normalized spacial score (nSPS) is 17.0. The molecule has 13 heteroatoms. The van der Waals surface area contributed by atoms with Gasteiger partial charge in [0.25, 0.3) is 11.8 Å². The molecule has 0 saturated carbocycles. The summed E-state index contributed by atoms with van der Waals surface area (Å²) in [4.78, 5) is 60.7. The SMILES string of the molecule is CC(=O)C1=C(O)C(=C(C)Nc2cccc(N(C(=O)C(O)CO)C(=O)C(O)CO)c2)C(=O)OC1=O. The molecule has 2 atom stereocenters. The summed E-state index contributed by atoms with van der Waals surface area (Å²) in [5, 5.41) is 50.5. The molecule has 2 amide bonds. The number of carbonyl (C=O) groups excluding carboxylic acids is 5. The Bertz CT molecular complexity index is 1080. The number of hydrogen-bond donors (Lipinski definition) is 6. The Morgan fingerprint density at radius 1 is 1.00 bits per heavy atom. The van der Waals surface area contributed by atoms with Crippen LogP contribution >= 0.6 is 0 Å². The van der Waals surface area contributed by atoms with Crippen molar-refractivity contribution in [2.75, 3.05) is 23.4 Å². The lowest BCUT2D eigenvalue weighted by atomic mass is 10.0. The van der Waals surface area contributed by atoms with Crippen molar-refractivity contribution in [3.63, 3.8) is 0 Å². The maximum atomic E-state index is 12.4. The summed E-state index contributed by atoms with van der Waals surface area (Å²) in [7, 11) is 0. The fraction of sp³-hybridized carbons (Fsp3) is 0.286. The third-order valence-corrected chi connectivity index (χ3v) is 4.59. The van der Waals surface area contributed by atoms with Crippen LogP contribution in [0.4, 0.5) is 11.4 Å². The molecule has 1 heterocycles. The summed E-state index contributed by atoms with van der Waals surface area (Å²) in [5.41, 5.74) is -1.37. The van der Waals surface area contributed by atoms with Gasteiger partial charge in [0, 0.05) is 11.4 Å². The summed E-state index contributed by atoms with van der Waals surface area (Å²) in [5.74, 6) is -6.82. The average molecular weight is 478 g/mol. The summed E-state index contributed by atoms with van der Waals surface area (Å²) in [6.45, 7) is 0.265. The van der Waals surface area contributed by atoms with Crippen LogP contribution in [0.2, 0.25) is 0 Å². The van der Waals surface area contributed by atoms with Crippen LogP contribution in [-0.4, -0.2) is 80.5 Å². The first-order valence-corrected chi connectivity index (χ1v) is 9.69. The topological polar surface area (TPSA) is 211 Å². The number of cyclic esters (lactones) is 2. The molecule has 6 N–H and O–H groups in total. The zero-order valence-corrected chi connectivity index (χ0v) is 18.0. The first kappa shape index (κ1) is 26.3. The highest BCUT2D eigenvalue weighted by molar-refractivity contribution is 6.23. The van der Waals surface area contributed by atoms with Crippen molar-refractivity contribution in [2.45, 2.75) is 26.1 Å². The number of Topliss-reactive ketones (excluding diaryl/α,β-unsaturated/α-hetero) is 1. The van der Waals surface area contributed by atoms with E-state index < -0.39 is 71.9 Å². The van der Waals surface area contributed by atoms with Crippen LogP contribution in [0.1, 0.15) is 13.8 Å². The molecule has 182 valence electrons. The molecule has 0 bridgehead atoms. The van der Waals surface area contributed by atoms with Gasteiger partial charge >= 0.3 is 11.9 Å². The van der Waals surface area contributed by atoms with Crippen LogP contribution in [0.3, 0.4) is 0 Å². The number of imide groups is 1. The number of rotatable bonds is 8. The molecule has 0 aliphatic carbocycles. The monoisotopic (exact) mass is 478 g/mol. The number of benzene rings is 1. The van der Waals surface area contributed by atoms with E-state index >= 15 is 0 Å². The number of allylic oxidation sites excluding steroid dienone is 1. The molecule has 0 saturated heterocycles. The van der Waals surface area contributed by atoms with Gasteiger partial charge in [0.2, 0.25) is 0 Å². The minimum atomic E-state index is -2.00. The van der Waals surface area contributed by atoms with Gasteiger partial charge in [0.1, 0.15) is 16.9 Å². The lowest BCUT2D eigenvalue weighted by Crippen LogP contribution is -2.49. The number of aliphatic hydroxyl groups excluding tert-OH is 5. The van der Waals surface area contributed by atoms with Crippen molar-refractivity contribution in [1.29, 1.82) is 0 Å². The summed E-state index contributed by atoms with van der Waals surface area (Å²) < 4.78 is 4.49. The fourth-order valence-corrected chi connectivity index (χ4v) is 2.96. The lowest BCUT2D eigenvalue weighted by Gasteiger charge is -2.25. The largest absolute Gasteiger partial charge is 0.506 e. The van der Waals surface area contributed by atoms with Crippen molar-refractivity contribution < 1.29 is 54.2 Å². The number of nitrogens with zero attached hydrogens (tertiary/aromatic N) is 1. The number of ether oxygens (including phenoxy) is 1. The van der Waals surface area contributed by atoms with Crippen LogP contribution in [-0.2, 0) is 28.7 Å². The lowest BCUT2D eigenvalue weighted by molar-refractivity contribution is -0.155. The molecule has 2 unspecified atom stereocenters. The van der Waals surface area contributed by atoms with Crippen molar-refractivity contribution in [3.8, 4) is 0 Å². The zero-order chi connectivity index (χ0) is 25.7. The van der Waals surface area contributed by atoms with Gasteiger partial charge in [-0.1, -0.05) is 6.07 Å². The number of aliphatic hydroxyl groups is 5. The highest BCUT2D eigenvalue weighted by Crippen LogP contribution is 2.27. The van der Waals surface area contributed by atoms with Gasteiger partial charge in [-0.2, -0.15) is 0 Å². The number of ketones is 1. The average Bonchev–Trinajstić information content (AvgIpc) is 2.77. The molecule has 1 aliphatic rings. The number of hydrogen-bond acceptors (Lipinski definition) is 12. The molecular weight excluding hydrogens is 456 g/mol. The van der Waals surface area contributed by atoms with E-state index in [1.807, 2.05) is 0 Å². The van der Waals surface area contributed by atoms with Gasteiger partial charge in [-0.25, -0.2) is 14.5 Å². The molecule has 0 radical (unpaired) electrons. The van der Waals surface area contributed by atoms with E-state index in [2.05, 4.69) is 10.1 Å². The molecular formula is C21H22N2O11. The van der Waals surface area contributed by atoms with Crippen LogP contribution in [0, 0.1) is 0 Å². The van der Waals surface area contributed by atoms with Gasteiger partial charge in [-0.3, -0.25) is 14.4 Å². The number of esters is 2. The predicted octanol–water partition coefficient (Wildman–Crippen LogP) is -1.58. The smallest absolute Gasteiger partial charge is 0.353 e. The minimum absolute atomic E-state index is 0.0686. The molecule has 0 aromatic heterocycles. The van der Waals surface area contributed by atoms with E-state index in [0.29, 0.717) is 4.90 Å². The Kier molecular flexibility index (Phi) is 8.37. The number of amides is 2. The standard InChI is InChI=1S/C21H22N2O11/c1-9(15-17(29)16(10(2)26)21(33)34-20(15)32)22-11-4-3-5-12(6-11)23(18(30)13(27)7-24)19(31)14(28)8-25/h3-6,13-14,22,24-25,27-29H,7-8H2,1-2H3. The molecule has 1 aliphatic heterocycles. The van der Waals surface area contributed by atoms with Gasteiger partial charge < -0.3 is 35.6 Å².